The number of carboxylic acid groups (broad SMARTS) is 1. The van der Waals surface area contributed by atoms with Crippen LogP contribution in [0.3, 0.4) is 0 Å². The Balaban J connectivity index is 1.63. The number of carboxylic acids is 1. The molecule has 164 valence electrons. The molecular formula is C23H23F2NO4S. The summed E-state index contributed by atoms with van der Waals surface area (Å²) in [6.45, 7) is 3.97. The van der Waals surface area contributed by atoms with Crippen molar-refractivity contribution in [3.05, 3.63) is 76.5 Å². The van der Waals surface area contributed by atoms with Crippen molar-refractivity contribution in [2.24, 2.45) is 0 Å². The van der Waals surface area contributed by atoms with Gasteiger partial charge >= 0.3 is 11.9 Å². The van der Waals surface area contributed by atoms with Crippen LogP contribution in [0.5, 0.6) is 0 Å². The third-order valence-electron chi connectivity index (χ3n) is 5.15. The van der Waals surface area contributed by atoms with Crippen molar-refractivity contribution in [3.8, 4) is 0 Å². The standard InChI is InChI=1S/C23H23F2NO4S/c1-15(16-6-3-2-4-7-16)19(27)11-9-17-14-23(24,25)22(30)26(17)13-5-8-18-10-12-20(31-18)21(28)29/h2-4,6-7,9-12,17,19,27H,1,5,8,13-14H2,(H,28,29)/b11-9+/t17-,19+/m0/s1. The molecule has 0 bridgehead atoms. The van der Waals surface area contributed by atoms with Crippen LogP contribution in [-0.4, -0.2) is 51.6 Å². The molecule has 1 fully saturated rings. The normalized spacial score (nSPS) is 19.1. The first-order valence-corrected chi connectivity index (χ1v) is 10.6. The monoisotopic (exact) mass is 447 g/mol. The Hall–Kier alpha value is -2.84. The highest BCUT2D eigenvalue weighted by atomic mass is 32.1. The van der Waals surface area contributed by atoms with Crippen LogP contribution in [0.4, 0.5) is 8.78 Å². The van der Waals surface area contributed by atoms with Gasteiger partial charge in [0.15, 0.2) is 0 Å². The third kappa shape index (κ3) is 5.45. The second-order valence-electron chi connectivity index (χ2n) is 7.37. The number of likely N-dealkylation sites (tertiary alicyclic amines) is 1. The van der Waals surface area contributed by atoms with Gasteiger partial charge < -0.3 is 15.1 Å². The number of amides is 1. The maximum atomic E-state index is 14.1. The minimum Gasteiger partial charge on any atom is -0.477 e. The number of hydrogen-bond donors (Lipinski definition) is 2. The van der Waals surface area contributed by atoms with Gasteiger partial charge in [0, 0.05) is 17.8 Å². The van der Waals surface area contributed by atoms with Crippen LogP contribution in [0.2, 0.25) is 0 Å². The van der Waals surface area contributed by atoms with Crippen molar-refractivity contribution in [3.63, 3.8) is 0 Å². The molecule has 0 saturated carbocycles. The van der Waals surface area contributed by atoms with Crippen molar-refractivity contribution in [2.75, 3.05) is 6.54 Å². The lowest BCUT2D eigenvalue weighted by Crippen LogP contribution is -2.36. The predicted molar refractivity (Wildman–Crippen MR) is 115 cm³/mol. The van der Waals surface area contributed by atoms with Crippen molar-refractivity contribution >= 4 is 28.8 Å². The molecule has 0 unspecified atom stereocenters. The minimum atomic E-state index is -3.45. The Morgan fingerprint density at radius 2 is 2.00 bits per heavy atom. The van der Waals surface area contributed by atoms with Gasteiger partial charge in [-0.3, -0.25) is 4.79 Å². The van der Waals surface area contributed by atoms with E-state index < -0.39 is 36.4 Å². The van der Waals surface area contributed by atoms with Gasteiger partial charge in [-0.15, -0.1) is 11.3 Å². The summed E-state index contributed by atoms with van der Waals surface area (Å²) in [5.41, 5.74) is 1.17. The Labute approximate surface area is 182 Å². The van der Waals surface area contributed by atoms with E-state index in [4.69, 9.17) is 5.11 Å². The van der Waals surface area contributed by atoms with Gasteiger partial charge in [-0.1, -0.05) is 49.1 Å². The van der Waals surface area contributed by atoms with E-state index in [1.54, 1.807) is 18.2 Å². The van der Waals surface area contributed by atoms with Crippen LogP contribution in [0.25, 0.3) is 5.57 Å². The average Bonchev–Trinajstić information content (AvgIpc) is 3.30. The van der Waals surface area contributed by atoms with Gasteiger partial charge in [0.05, 0.1) is 12.1 Å². The number of aromatic carboxylic acids is 1. The molecule has 0 spiro atoms. The second-order valence-corrected chi connectivity index (χ2v) is 8.54. The number of hydrogen-bond acceptors (Lipinski definition) is 4. The first kappa shape index (κ1) is 22.8. The molecule has 0 aliphatic carbocycles. The number of carbonyl (C=O) groups is 2. The van der Waals surface area contributed by atoms with E-state index in [-0.39, 0.29) is 11.4 Å². The highest BCUT2D eigenvalue weighted by Gasteiger charge is 2.52. The third-order valence-corrected chi connectivity index (χ3v) is 6.28. The summed E-state index contributed by atoms with van der Waals surface area (Å²) in [4.78, 5) is 25.3. The van der Waals surface area contributed by atoms with Crippen molar-refractivity contribution in [1.29, 1.82) is 0 Å². The molecule has 2 atom stereocenters. The SMILES string of the molecule is C=C(c1ccccc1)[C@H](O)/C=C/[C@H]1CC(F)(F)C(=O)N1CCCc1ccc(C(=O)O)s1. The fourth-order valence-corrected chi connectivity index (χ4v) is 4.37. The quantitative estimate of drug-likeness (QED) is 0.564. The van der Waals surface area contributed by atoms with Crippen LogP contribution in [0.15, 0.2) is 61.2 Å². The Kier molecular flexibility index (Phi) is 7.02. The molecule has 8 heteroatoms. The molecule has 2 aromatic rings. The number of nitrogens with zero attached hydrogens (tertiary/aromatic N) is 1. The molecule has 3 rings (SSSR count). The maximum absolute atomic E-state index is 14.1. The number of benzene rings is 1. The van der Waals surface area contributed by atoms with Crippen LogP contribution < -0.4 is 0 Å². The van der Waals surface area contributed by atoms with E-state index in [0.717, 1.165) is 26.7 Å². The van der Waals surface area contributed by atoms with Gasteiger partial charge in [-0.2, -0.15) is 8.78 Å². The molecule has 1 saturated heterocycles. The summed E-state index contributed by atoms with van der Waals surface area (Å²) in [5, 5.41) is 19.3. The lowest BCUT2D eigenvalue weighted by atomic mass is 10.0. The molecular weight excluding hydrogens is 424 g/mol. The summed E-state index contributed by atoms with van der Waals surface area (Å²) in [7, 11) is 0. The second kappa shape index (κ2) is 9.53. The number of aliphatic hydroxyl groups excluding tert-OH is 1. The highest BCUT2D eigenvalue weighted by molar-refractivity contribution is 7.13. The molecule has 1 aliphatic rings. The fourth-order valence-electron chi connectivity index (χ4n) is 3.48. The lowest BCUT2D eigenvalue weighted by Gasteiger charge is -2.22. The van der Waals surface area contributed by atoms with Crippen LogP contribution >= 0.6 is 11.3 Å². The van der Waals surface area contributed by atoms with Gasteiger partial charge in [0.2, 0.25) is 0 Å². The molecule has 1 aromatic carbocycles. The largest absolute Gasteiger partial charge is 0.477 e. The fraction of sp³-hybridized carbons (Fsp3) is 0.304. The van der Waals surface area contributed by atoms with E-state index in [0.29, 0.717) is 18.4 Å². The average molecular weight is 448 g/mol. The zero-order valence-electron chi connectivity index (χ0n) is 16.7. The number of halogens is 2. The van der Waals surface area contributed by atoms with Crippen LogP contribution in [0, 0.1) is 0 Å². The highest BCUT2D eigenvalue weighted by Crippen LogP contribution is 2.34. The molecule has 1 amide bonds. The summed E-state index contributed by atoms with van der Waals surface area (Å²) in [5.74, 6) is -5.68. The number of carbonyl (C=O) groups excluding carboxylic acids is 1. The lowest BCUT2D eigenvalue weighted by molar-refractivity contribution is -0.148. The van der Waals surface area contributed by atoms with E-state index in [9.17, 15) is 23.5 Å². The molecule has 2 N–H and O–H groups in total. The van der Waals surface area contributed by atoms with Crippen molar-refractivity contribution < 1.29 is 28.6 Å². The van der Waals surface area contributed by atoms with Crippen LogP contribution in [0.1, 0.15) is 33.0 Å². The van der Waals surface area contributed by atoms with E-state index in [1.807, 2.05) is 18.2 Å². The zero-order chi connectivity index (χ0) is 22.6. The predicted octanol–water partition coefficient (Wildman–Crippen LogP) is 4.25. The van der Waals surface area contributed by atoms with Gasteiger partial charge in [0.25, 0.3) is 5.91 Å². The first-order valence-electron chi connectivity index (χ1n) is 9.80. The van der Waals surface area contributed by atoms with E-state index >= 15 is 0 Å². The maximum Gasteiger partial charge on any atom is 0.345 e. The molecule has 5 nitrogen and oxygen atoms in total. The van der Waals surface area contributed by atoms with Crippen molar-refractivity contribution in [1.82, 2.24) is 4.90 Å². The minimum absolute atomic E-state index is 0.111. The van der Waals surface area contributed by atoms with Gasteiger partial charge in [-0.25, -0.2) is 4.79 Å². The summed E-state index contributed by atoms with van der Waals surface area (Å²) in [6.07, 6.45) is 2.02. The first-order chi connectivity index (χ1) is 14.7. The smallest absolute Gasteiger partial charge is 0.345 e. The molecule has 0 radical (unpaired) electrons. The number of thiophene rings is 1. The van der Waals surface area contributed by atoms with Gasteiger partial charge in [0.1, 0.15) is 4.88 Å². The summed E-state index contributed by atoms with van der Waals surface area (Å²) >= 11 is 1.13. The van der Waals surface area contributed by atoms with Crippen molar-refractivity contribution in [2.45, 2.75) is 37.3 Å². The molecule has 2 heterocycles. The van der Waals surface area contributed by atoms with Crippen LogP contribution in [-0.2, 0) is 11.2 Å². The molecule has 31 heavy (non-hydrogen) atoms. The number of rotatable bonds is 9. The number of alkyl halides is 2. The molecule has 1 aromatic heterocycles. The van der Waals surface area contributed by atoms with Gasteiger partial charge in [-0.05, 0) is 36.1 Å². The Morgan fingerprint density at radius 1 is 1.29 bits per heavy atom. The molecule has 1 aliphatic heterocycles. The summed E-state index contributed by atoms with van der Waals surface area (Å²) in [6, 6.07) is 11.4. The van der Waals surface area contributed by atoms with E-state index in [2.05, 4.69) is 6.58 Å². The summed E-state index contributed by atoms with van der Waals surface area (Å²) < 4.78 is 28.1. The van der Waals surface area contributed by atoms with E-state index in [1.165, 1.54) is 18.2 Å². The Bertz CT molecular complexity index is 986. The number of aryl methyl sites for hydroxylation is 1. The zero-order valence-corrected chi connectivity index (χ0v) is 17.5. The topological polar surface area (TPSA) is 77.8 Å². The number of aliphatic hydroxyl groups is 1. The Morgan fingerprint density at radius 3 is 2.65 bits per heavy atom.